The summed E-state index contributed by atoms with van der Waals surface area (Å²) in [5.74, 6) is 2.05. The molecule has 7 heteroatoms. The molecule has 2 heterocycles. The molecule has 0 aliphatic rings. The third-order valence-electron chi connectivity index (χ3n) is 3.63. The minimum atomic E-state index is 0.166. The lowest BCUT2D eigenvalue weighted by Gasteiger charge is -2.22. The molecule has 24 heavy (non-hydrogen) atoms. The maximum atomic E-state index is 12.7. The molecule has 0 aliphatic carbocycles. The van der Waals surface area contributed by atoms with Crippen LogP contribution in [0.1, 0.15) is 18.5 Å². The quantitative estimate of drug-likeness (QED) is 0.638. The first-order valence-corrected chi connectivity index (χ1v) is 10.7. The molecule has 0 bridgehead atoms. The van der Waals surface area contributed by atoms with Crippen molar-refractivity contribution in [2.45, 2.75) is 19.8 Å². The van der Waals surface area contributed by atoms with E-state index >= 15 is 0 Å². The monoisotopic (exact) mass is 364 g/mol. The molecule has 0 aliphatic heterocycles. The first kappa shape index (κ1) is 18.9. The van der Waals surface area contributed by atoms with Gasteiger partial charge in [-0.05, 0) is 43.7 Å². The second-order valence-electron chi connectivity index (χ2n) is 5.39. The van der Waals surface area contributed by atoms with Crippen LogP contribution in [-0.4, -0.2) is 51.2 Å². The molecule has 2 rings (SSSR count). The molecular weight excluding hydrogens is 340 g/mol. The molecule has 0 spiro atoms. The van der Waals surface area contributed by atoms with Crippen molar-refractivity contribution in [3.05, 3.63) is 36.4 Å². The van der Waals surface area contributed by atoms with Gasteiger partial charge in [0.2, 0.25) is 5.91 Å². The zero-order chi connectivity index (χ0) is 17.4. The van der Waals surface area contributed by atoms with Gasteiger partial charge in [-0.15, -0.1) is 0 Å². The van der Waals surface area contributed by atoms with Crippen molar-refractivity contribution >= 4 is 35.1 Å². The molecule has 0 aromatic carbocycles. The van der Waals surface area contributed by atoms with Crippen LogP contribution in [0.3, 0.4) is 0 Å². The molecular formula is C17H24N4OS2. The Bertz CT molecular complexity index is 645. The SMILES string of the molecule is CSCCCN(C(=O)CCSC)c1cn(-c2cccnc2)nc1C. The molecule has 0 saturated heterocycles. The predicted molar refractivity (Wildman–Crippen MR) is 104 cm³/mol. The highest BCUT2D eigenvalue weighted by Crippen LogP contribution is 2.22. The van der Waals surface area contributed by atoms with Crippen molar-refractivity contribution in [2.24, 2.45) is 0 Å². The van der Waals surface area contributed by atoms with Gasteiger partial charge in [0.25, 0.3) is 0 Å². The van der Waals surface area contributed by atoms with Crippen molar-refractivity contribution in [1.82, 2.24) is 14.8 Å². The highest BCUT2D eigenvalue weighted by Gasteiger charge is 2.20. The number of hydrogen-bond acceptors (Lipinski definition) is 5. The van der Waals surface area contributed by atoms with Crippen LogP contribution in [0.5, 0.6) is 0 Å². The van der Waals surface area contributed by atoms with Gasteiger partial charge >= 0.3 is 0 Å². The molecule has 0 unspecified atom stereocenters. The molecule has 0 fully saturated rings. The van der Waals surface area contributed by atoms with Crippen molar-refractivity contribution in [3.63, 3.8) is 0 Å². The van der Waals surface area contributed by atoms with Gasteiger partial charge in [0, 0.05) is 24.9 Å². The van der Waals surface area contributed by atoms with Crippen LogP contribution >= 0.6 is 23.5 Å². The van der Waals surface area contributed by atoms with Crippen molar-refractivity contribution in [3.8, 4) is 5.69 Å². The maximum Gasteiger partial charge on any atom is 0.227 e. The summed E-state index contributed by atoms with van der Waals surface area (Å²) >= 11 is 3.50. The minimum Gasteiger partial charge on any atom is -0.309 e. The summed E-state index contributed by atoms with van der Waals surface area (Å²) < 4.78 is 1.79. The Morgan fingerprint density at radius 3 is 2.75 bits per heavy atom. The molecule has 2 aromatic rings. The Morgan fingerprint density at radius 1 is 1.29 bits per heavy atom. The largest absolute Gasteiger partial charge is 0.309 e. The predicted octanol–water partition coefficient (Wildman–Crippen LogP) is 3.41. The summed E-state index contributed by atoms with van der Waals surface area (Å²) in [5.41, 5.74) is 2.65. The number of anilines is 1. The average Bonchev–Trinajstić information content (AvgIpc) is 2.99. The third kappa shape index (κ3) is 5.01. The van der Waals surface area contributed by atoms with Crippen LogP contribution in [0.4, 0.5) is 5.69 Å². The number of amides is 1. The van der Waals surface area contributed by atoms with E-state index in [-0.39, 0.29) is 5.91 Å². The van der Waals surface area contributed by atoms with E-state index in [4.69, 9.17) is 0 Å². The summed E-state index contributed by atoms with van der Waals surface area (Å²) in [7, 11) is 0. The van der Waals surface area contributed by atoms with E-state index in [9.17, 15) is 4.79 Å². The smallest absolute Gasteiger partial charge is 0.227 e. The summed E-state index contributed by atoms with van der Waals surface area (Å²) in [6, 6.07) is 3.84. The second-order valence-corrected chi connectivity index (χ2v) is 7.36. The number of aromatic nitrogens is 3. The van der Waals surface area contributed by atoms with Gasteiger partial charge in [-0.3, -0.25) is 9.78 Å². The number of pyridine rings is 1. The number of hydrogen-bond donors (Lipinski definition) is 0. The molecule has 0 N–H and O–H groups in total. The zero-order valence-corrected chi connectivity index (χ0v) is 16.1. The van der Waals surface area contributed by atoms with Crippen LogP contribution in [-0.2, 0) is 4.79 Å². The normalized spacial score (nSPS) is 10.8. The van der Waals surface area contributed by atoms with Crippen molar-refractivity contribution < 1.29 is 4.79 Å². The average molecular weight is 365 g/mol. The lowest BCUT2D eigenvalue weighted by Crippen LogP contribution is -2.32. The molecule has 5 nitrogen and oxygen atoms in total. The molecule has 1 amide bonds. The summed E-state index contributed by atoms with van der Waals surface area (Å²) in [6.07, 6.45) is 11.1. The second kappa shape index (κ2) is 9.74. The van der Waals surface area contributed by atoms with Gasteiger partial charge in [0.1, 0.15) is 0 Å². The Morgan fingerprint density at radius 2 is 2.08 bits per heavy atom. The van der Waals surface area contributed by atoms with E-state index in [0.29, 0.717) is 6.42 Å². The third-order valence-corrected chi connectivity index (χ3v) is 4.93. The number of rotatable bonds is 9. The summed E-state index contributed by atoms with van der Waals surface area (Å²) in [4.78, 5) is 18.7. The van der Waals surface area contributed by atoms with Gasteiger partial charge in [0.05, 0.1) is 29.5 Å². The maximum absolute atomic E-state index is 12.7. The molecule has 0 radical (unpaired) electrons. The van der Waals surface area contributed by atoms with Gasteiger partial charge in [-0.25, -0.2) is 4.68 Å². The van der Waals surface area contributed by atoms with E-state index in [1.54, 1.807) is 40.6 Å². The number of carbonyl (C=O) groups is 1. The lowest BCUT2D eigenvalue weighted by atomic mass is 10.3. The van der Waals surface area contributed by atoms with E-state index in [1.165, 1.54) is 0 Å². The van der Waals surface area contributed by atoms with Crippen LogP contribution in [0, 0.1) is 6.92 Å². The van der Waals surface area contributed by atoms with Crippen LogP contribution in [0.15, 0.2) is 30.7 Å². The van der Waals surface area contributed by atoms with E-state index in [0.717, 1.165) is 41.5 Å². The van der Waals surface area contributed by atoms with Crippen molar-refractivity contribution in [1.29, 1.82) is 0 Å². The number of thioether (sulfide) groups is 2. The first-order chi connectivity index (χ1) is 11.7. The highest BCUT2D eigenvalue weighted by molar-refractivity contribution is 7.98. The Labute approximate surface area is 152 Å². The standard InChI is InChI=1S/C17H24N4OS2/c1-14-16(13-21(19-14)15-6-4-8-18-12-15)20(9-5-10-23-2)17(22)7-11-24-3/h4,6,8,12-13H,5,7,9-11H2,1-3H3. The van der Waals surface area contributed by atoms with E-state index in [2.05, 4.69) is 16.3 Å². The van der Waals surface area contributed by atoms with Gasteiger partial charge in [-0.2, -0.15) is 28.6 Å². The summed E-state index contributed by atoms with van der Waals surface area (Å²) in [5, 5.41) is 4.57. The molecule has 0 saturated carbocycles. The Balaban J connectivity index is 2.24. The fraction of sp³-hybridized carbons (Fsp3) is 0.471. The molecule has 2 aromatic heterocycles. The Kier molecular flexibility index (Phi) is 7.65. The number of carbonyl (C=O) groups excluding carboxylic acids is 1. The first-order valence-electron chi connectivity index (χ1n) is 7.92. The fourth-order valence-corrected chi connectivity index (χ4v) is 3.20. The lowest BCUT2D eigenvalue weighted by molar-refractivity contribution is -0.118. The van der Waals surface area contributed by atoms with Crippen LogP contribution < -0.4 is 4.90 Å². The van der Waals surface area contributed by atoms with E-state index < -0.39 is 0 Å². The van der Waals surface area contributed by atoms with Gasteiger partial charge in [0.15, 0.2) is 0 Å². The van der Waals surface area contributed by atoms with Gasteiger partial charge in [-0.1, -0.05) is 0 Å². The summed E-state index contributed by atoms with van der Waals surface area (Å²) in [6.45, 7) is 2.68. The van der Waals surface area contributed by atoms with Crippen molar-refractivity contribution in [2.75, 3.05) is 35.5 Å². The van der Waals surface area contributed by atoms with E-state index in [1.807, 2.05) is 36.4 Å². The zero-order valence-electron chi connectivity index (χ0n) is 14.4. The number of aryl methyl sites for hydroxylation is 1. The van der Waals surface area contributed by atoms with Crippen LogP contribution in [0.2, 0.25) is 0 Å². The minimum absolute atomic E-state index is 0.166. The molecule has 130 valence electrons. The Hall–Kier alpha value is -1.47. The number of nitrogens with zero attached hydrogens (tertiary/aromatic N) is 4. The molecule has 0 atom stereocenters. The fourth-order valence-electron chi connectivity index (χ4n) is 2.41. The van der Waals surface area contributed by atoms with Gasteiger partial charge < -0.3 is 4.90 Å². The highest BCUT2D eigenvalue weighted by atomic mass is 32.2. The topological polar surface area (TPSA) is 51.0 Å². The van der Waals surface area contributed by atoms with Crippen LogP contribution in [0.25, 0.3) is 5.69 Å².